The van der Waals surface area contributed by atoms with Crippen molar-refractivity contribution in [2.75, 3.05) is 13.1 Å². The number of fused-ring (bicyclic) bond motifs is 2. The summed E-state index contributed by atoms with van der Waals surface area (Å²) in [6.45, 7) is 4.93. The Hall–Kier alpha value is -7.26. The average Bonchev–Trinajstić information content (AvgIpc) is 3.67. The lowest BCUT2D eigenvalue weighted by Gasteiger charge is -2.27. The number of benzene rings is 4. The molecule has 2 aromatic heterocycles. The summed E-state index contributed by atoms with van der Waals surface area (Å²) in [5, 5.41) is 24.5. The first kappa shape index (κ1) is 47.2. The molecule has 0 fully saturated rings. The highest BCUT2D eigenvalue weighted by molar-refractivity contribution is 6.10. The van der Waals surface area contributed by atoms with Gasteiger partial charge in [0.2, 0.25) is 11.8 Å². The maximum absolute atomic E-state index is 16.6. The molecule has 0 aliphatic heterocycles. The van der Waals surface area contributed by atoms with Crippen molar-refractivity contribution in [1.82, 2.24) is 19.8 Å². The third kappa shape index (κ3) is 8.96. The molecule has 2 amide bonds. The number of amides is 2. The van der Waals surface area contributed by atoms with E-state index in [1.165, 1.54) is 6.92 Å². The molecule has 4 N–H and O–H groups in total. The lowest BCUT2D eigenvalue weighted by atomic mass is 9.77. The molecular weight excluding hydrogens is 890 g/mol. The number of aromatic hydroxyl groups is 2. The molecule has 2 heterocycles. The van der Waals surface area contributed by atoms with Crippen molar-refractivity contribution in [3.8, 4) is 23.0 Å². The van der Waals surface area contributed by atoms with Gasteiger partial charge in [-0.25, -0.2) is 17.6 Å². The molecular formula is C43H34F10N4O8. The average molecular weight is 925 g/mol. The van der Waals surface area contributed by atoms with Crippen molar-refractivity contribution in [3.63, 3.8) is 0 Å². The number of nitrogens with one attached hydrogen (secondary N) is 2. The van der Waals surface area contributed by atoms with Gasteiger partial charge in [-0.05, 0) is 86.8 Å². The minimum Gasteiger partial charge on any atom is -0.503 e. The fourth-order valence-corrected chi connectivity index (χ4v) is 7.70. The molecule has 4 aromatic carbocycles. The van der Waals surface area contributed by atoms with Gasteiger partial charge in [0, 0.05) is 58.5 Å². The Labute approximate surface area is 359 Å². The van der Waals surface area contributed by atoms with Crippen LogP contribution < -0.4 is 20.1 Å². The summed E-state index contributed by atoms with van der Waals surface area (Å²) in [6.07, 6.45) is -10.0. The fraction of sp³-hybridized carbons (Fsp3) is 0.256. The molecule has 2 unspecified atom stereocenters. The van der Waals surface area contributed by atoms with E-state index in [0.29, 0.717) is 21.3 Å². The van der Waals surface area contributed by atoms with Gasteiger partial charge < -0.3 is 30.3 Å². The number of halogens is 10. The number of phenolic OH excluding ortho intramolecular Hbond substituents is 2. The number of nitrogens with zero attached hydrogens (tertiary/aromatic N) is 2. The molecule has 22 heteroatoms. The zero-order chi connectivity index (χ0) is 48.0. The fourth-order valence-electron chi connectivity index (χ4n) is 7.70. The second-order valence-corrected chi connectivity index (χ2v) is 14.4. The van der Waals surface area contributed by atoms with Gasteiger partial charge in [-0.1, -0.05) is 6.92 Å². The van der Waals surface area contributed by atoms with Crippen molar-refractivity contribution in [2.45, 2.75) is 58.7 Å². The van der Waals surface area contributed by atoms with Crippen molar-refractivity contribution >= 4 is 45.4 Å². The molecule has 0 radical (unpaired) electrons. The van der Waals surface area contributed by atoms with E-state index in [0.717, 1.165) is 62.4 Å². The van der Waals surface area contributed by atoms with E-state index in [2.05, 4.69) is 20.1 Å². The Morgan fingerprint density at radius 1 is 0.615 bits per heavy atom. The number of carbonyl (C=O) groups is 4. The second-order valence-electron chi connectivity index (χ2n) is 14.4. The van der Waals surface area contributed by atoms with Crippen LogP contribution in [0.1, 0.15) is 75.3 Å². The molecule has 6 aromatic rings. The Bertz CT molecular complexity index is 2870. The predicted octanol–water partition coefficient (Wildman–Crippen LogP) is 8.88. The SMILES string of the molecule is CCCNC(=O)C(c1c(C)n(C(=O)c2ccc(OC(F)(F)F)cc2)c2cc(F)c(O)c(F)c12)C(C(=O)NCC)c1c(C)n(C(=O)c2ccc(OC(F)(F)F)cc2)c2cc(F)c(O)c(F)c12. The summed E-state index contributed by atoms with van der Waals surface area (Å²) in [5.41, 5.74) is -4.23. The van der Waals surface area contributed by atoms with Crippen molar-refractivity contribution in [1.29, 1.82) is 0 Å². The number of rotatable bonds is 12. The molecule has 0 saturated heterocycles. The maximum Gasteiger partial charge on any atom is 0.573 e. The van der Waals surface area contributed by atoms with Crippen LogP contribution in [-0.2, 0) is 9.59 Å². The molecule has 65 heavy (non-hydrogen) atoms. The topological polar surface area (TPSA) is 161 Å². The third-order valence-corrected chi connectivity index (χ3v) is 10.3. The van der Waals surface area contributed by atoms with E-state index < -0.39 is 150 Å². The number of alkyl halides is 6. The monoisotopic (exact) mass is 924 g/mol. The van der Waals surface area contributed by atoms with Crippen LogP contribution in [0.2, 0.25) is 0 Å². The zero-order valence-electron chi connectivity index (χ0n) is 34.1. The number of hydrogen-bond donors (Lipinski definition) is 4. The molecule has 0 aliphatic carbocycles. The largest absolute Gasteiger partial charge is 0.573 e. The smallest absolute Gasteiger partial charge is 0.503 e. The highest BCUT2D eigenvalue weighted by atomic mass is 19.4. The molecule has 2 atom stereocenters. The van der Waals surface area contributed by atoms with Gasteiger partial charge in [0.05, 0.1) is 22.9 Å². The Balaban J connectivity index is 1.69. The van der Waals surface area contributed by atoms with Crippen LogP contribution in [0.3, 0.4) is 0 Å². The second kappa shape index (κ2) is 17.7. The van der Waals surface area contributed by atoms with Gasteiger partial charge in [-0.3, -0.25) is 28.3 Å². The first-order valence-corrected chi connectivity index (χ1v) is 19.2. The number of likely N-dealkylation sites (N-methyl/N-ethyl adjacent to an activating group) is 1. The van der Waals surface area contributed by atoms with Crippen LogP contribution in [0, 0.1) is 37.1 Å². The van der Waals surface area contributed by atoms with Gasteiger partial charge >= 0.3 is 12.7 Å². The number of hydrogen-bond acceptors (Lipinski definition) is 8. The number of carbonyl (C=O) groups excluding carboxylic acids is 4. The number of phenols is 2. The van der Waals surface area contributed by atoms with Crippen LogP contribution in [-0.4, -0.2) is 68.8 Å². The van der Waals surface area contributed by atoms with E-state index in [9.17, 15) is 55.7 Å². The van der Waals surface area contributed by atoms with E-state index >= 15 is 17.6 Å². The van der Waals surface area contributed by atoms with Gasteiger partial charge in [0.15, 0.2) is 34.8 Å². The van der Waals surface area contributed by atoms with Gasteiger partial charge in [0.25, 0.3) is 11.8 Å². The first-order valence-electron chi connectivity index (χ1n) is 19.2. The molecule has 0 aliphatic rings. The summed E-state index contributed by atoms with van der Waals surface area (Å²) >= 11 is 0. The van der Waals surface area contributed by atoms with Crippen molar-refractivity contribution < 1.29 is 82.8 Å². The highest BCUT2D eigenvalue weighted by Gasteiger charge is 2.45. The molecule has 12 nitrogen and oxygen atoms in total. The Morgan fingerprint density at radius 2 is 0.969 bits per heavy atom. The number of aromatic nitrogens is 2. The van der Waals surface area contributed by atoms with E-state index in [4.69, 9.17) is 0 Å². The normalized spacial score (nSPS) is 12.9. The summed E-state index contributed by atoms with van der Waals surface area (Å²) in [6, 6.07) is 7.58. The Kier molecular flexibility index (Phi) is 12.9. The third-order valence-electron chi connectivity index (χ3n) is 10.3. The van der Waals surface area contributed by atoms with Gasteiger partial charge in [-0.15, -0.1) is 26.3 Å². The number of ether oxygens (including phenoxy) is 2. The zero-order valence-corrected chi connectivity index (χ0v) is 34.1. The van der Waals surface area contributed by atoms with Crippen LogP contribution in [0.4, 0.5) is 43.9 Å². The maximum atomic E-state index is 16.6. The summed E-state index contributed by atoms with van der Waals surface area (Å²) in [4.78, 5) is 57.9. The van der Waals surface area contributed by atoms with E-state index in [1.807, 2.05) is 0 Å². The molecule has 0 spiro atoms. The molecule has 6 rings (SSSR count). The van der Waals surface area contributed by atoms with Gasteiger partial charge in [-0.2, -0.15) is 0 Å². The lowest BCUT2D eigenvalue weighted by Crippen LogP contribution is -2.40. The van der Waals surface area contributed by atoms with E-state index in [-0.39, 0.29) is 19.5 Å². The highest BCUT2D eigenvalue weighted by Crippen LogP contribution is 2.48. The van der Waals surface area contributed by atoms with Crippen molar-refractivity contribution in [3.05, 3.63) is 118 Å². The lowest BCUT2D eigenvalue weighted by molar-refractivity contribution is -0.275. The van der Waals surface area contributed by atoms with Crippen LogP contribution >= 0.6 is 0 Å². The molecule has 0 saturated carbocycles. The van der Waals surface area contributed by atoms with E-state index in [1.54, 1.807) is 6.92 Å². The quantitative estimate of drug-likeness (QED) is 0.0886. The Morgan fingerprint density at radius 3 is 1.29 bits per heavy atom. The van der Waals surface area contributed by atoms with Crippen LogP contribution in [0.25, 0.3) is 21.8 Å². The van der Waals surface area contributed by atoms with Crippen molar-refractivity contribution in [2.24, 2.45) is 0 Å². The van der Waals surface area contributed by atoms with Crippen LogP contribution in [0.15, 0.2) is 60.7 Å². The minimum atomic E-state index is -5.12. The summed E-state index contributed by atoms with van der Waals surface area (Å²) in [5.74, 6) is -20.5. The molecule has 344 valence electrons. The predicted molar refractivity (Wildman–Crippen MR) is 210 cm³/mol. The summed E-state index contributed by atoms with van der Waals surface area (Å²) < 4.78 is 150. The van der Waals surface area contributed by atoms with Gasteiger partial charge in [0.1, 0.15) is 11.5 Å². The standard InChI is InChI=1S/C43H34F10N4O8/c1-5-15-55-39(61)33(29-19(4)57(27-17-25(45)37(59)35(47)31(27)29)41(63)21-9-13-23(14-10-21)65-43(51,52)53)32(38(60)54-6-2)28-18(3)56(26-16-24(44)36(58)34(46)30(26)28)40(62)20-7-11-22(12-8-20)64-42(48,49)50/h7-14,16-17,32-33,58-59H,5-6,15H2,1-4H3,(H,54,60)(H,55,61). The minimum absolute atomic E-state index is 0.142. The first-order chi connectivity index (χ1) is 30.4. The summed E-state index contributed by atoms with van der Waals surface area (Å²) in [7, 11) is 0. The van der Waals surface area contributed by atoms with Crippen LogP contribution in [0.5, 0.6) is 23.0 Å². The molecule has 0 bridgehead atoms.